The summed E-state index contributed by atoms with van der Waals surface area (Å²) in [6.07, 6.45) is 2.55. The van der Waals surface area contributed by atoms with Gasteiger partial charge in [-0.15, -0.1) is 0 Å². The summed E-state index contributed by atoms with van der Waals surface area (Å²) in [5.41, 5.74) is 0. The zero-order valence-electron chi connectivity index (χ0n) is 10.4. The quantitative estimate of drug-likeness (QED) is 0.815. The molecule has 1 fully saturated rings. The van der Waals surface area contributed by atoms with Crippen LogP contribution in [0.3, 0.4) is 0 Å². The molecule has 18 heavy (non-hydrogen) atoms. The monoisotopic (exact) mass is 254 g/mol. The van der Waals surface area contributed by atoms with Crippen LogP contribution in [0.25, 0.3) is 0 Å². The number of carbonyl (C=O) groups is 1. The number of carboxylic acids is 1. The molecule has 1 aromatic heterocycles. The van der Waals surface area contributed by atoms with E-state index in [-0.39, 0.29) is 12.6 Å². The Morgan fingerprint density at radius 3 is 3.06 bits per heavy atom. The molecule has 0 aliphatic carbocycles. The number of carboxylic acid groups (broad SMARTS) is 1. The van der Waals surface area contributed by atoms with Crippen molar-refractivity contribution in [1.29, 1.82) is 0 Å². The van der Waals surface area contributed by atoms with Crippen molar-refractivity contribution in [3.05, 3.63) is 18.0 Å². The lowest BCUT2D eigenvalue weighted by Gasteiger charge is -2.28. The molecule has 6 heteroatoms. The zero-order valence-corrected chi connectivity index (χ0v) is 10.4. The number of rotatable bonds is 6. The Kier molecular flexibility index (Phi) is 4.33. The van der Waals surface area contributed by atoms with Gasteiger partial charge in [-0.3, -0.25) is 9.69 Å². The number of ether oxygens (including phenoxy) is 1. The minimum atomic E-state index is -0.795. The maximum absolute atomic E-state index is 11.2. The SMILES string of the molecule is CCCN(Cc1ccno1)C1COCC1C(=O)O. The lowest BCUT2D eigenvalue weighted by atomic mass is 10.0. The molecule has 0 bridgehead atoms. The maximum atomic E-state index is 11.2. The van der Waals surface area contributed by atoms with Gasteiger partial charge in [0.2, 0.25) is 0 Å². The molecule has 100 valence electrons. The second-order valence-corrected chi connectivity index (χ2v) is 4.50. The molecule has 6 nitrogen and oxygen atoms in total. The third-order valence-corrected chi connectivity index (χ3v) is 3.20. The summed E-state index contributed by atoms with van der Waals surface area (Å²) in [5, 5.41) is 12.9. The summed E-state index contributed by atoms with van der Waals surface area (Å²) >= 11 is 0. The molecule has 2 atom stereocenters. The van der Waals surface area contributed by atoms with Crippen LogP contribution in [-0.4, -0.2) is 46.9 Å². The molecule has 1 aromatic rings. The molecule has 0 amide bonds. The van der Waals surface area contributed by atoms with Crippen LogP contribution in [0.4, 0.5) is 0 Å². The molecule has 0 radical (unpaired) electrons. The summed E-state index contributed by atoms with van der Waals surface area (Å²) in [5.74, 6) is -0.505. The standard InChI is InChI=1S/C12H18N2O4/c1-2-5-14(6-9-3-4-13-18-9)11-8-17-7-10(11)12(15)16/h3-4,10-11H,2,5-8H2,1H3,(H,15,16). The first kappa shape index (κ1) is 13.0. The van der Waals surface area contributed by atoms with Gasteiger partial charge >= 0.3 is 5.97 Å². The van der Waals surface area contributed by atoms with Crippen LogP contribution in [-0.2, 0) is 16.1 Å². The van der Waals surface area contributed by atoms with Crippen molar-refractivity contribution in [2.75, 3.05) is 19.8 Å². The van der Waals surface area contributed by atoms with Gasteiger partial charge in [-0.05, 0) is 13.0 Å². The number of nitrogens with zero attached hydrogens (tertiary/aromatic N) is 2. The molecule has 0 saturated carbocycles. The number of aromatic nitrogens is 1. The number of hydrogen-bond donors (Lipinski definition) is 1. The molecule has 2 rings (SSSR count). The van der Waals surface area contributed by atoms with Gasteiger partial charge in [0.25, 0.3) is 0 Å². The van der Waals surface area contributed by atoms with Gasteiger partial charge < -0.3 is 14.4 Å². The van der Waals surface area contributed by atoms with Crippen molar-refractivity contribution in [1.82, 2.24) is 10.1 Å². The van der Waals surface area contributed by atoms with Gasteiger partial charge in [0.15, 0.2) is 5.76 Å². The summed E-state index contributed by atoms with van der Waals surface area (Å²) in [7, 11) is 0. The topological polar surface area (TPSA) is 75.8 Å². The Bertz CT molecular complexity index is 379. The third-order valence-electron chi connectivity index (χ3n) is 3.20. The molecule has 2 heterocycles. The van der Waals surface area contributed by atoms with E-state index in [2.05, 4.69) is 17.0 Å². The van der Waals surface area contributed by atoms with Crippen molar-refractivity contribution in [3.8, 4) is 0 Å². The van der Waals surface area contributed by atoms with E-state index in [4.69, 9.17) is 9.26 Å². The van der Waals surface area contributed by atoms with Gasteiger partial charge in [-0.2, -0.15) is 0 Å². The van der Waals surface area contributed by atoms with E-state index in [9.17, 15) is 9.90 Å². The lowest BCUT2D eigenvalue weighted by molar-refractivity contribution is -0.143. The van der Waals surface area contributed by atoms with Crippen LogP contribution in [0.15, 0.2) is 16.8 Å². The van der Waals surface area contributed by atoms with Crippen molar-refractivity contribution in [2.45, 2.75) is 25.9 Å². The van der Waals surface area contributed by atoms with E-state index < -0.39 is 11.9 Å². The van der Waals surface area contributed by atoms with E-state index in [1.165, 1.54) is 0 Å². The average molecular weight is 254 g/mol. The highest BCUT2D eigenvalue weighted by molar-refractivity contribution is 5.71. The Balaban J connectivity index is 2.06. The van der Waals surface area contributed by atoms with Crippen LogP contribution >= 0.6 is 0 Å². The smallest absolute Gasteiger partial charge is 0.310 e. The Morgan fingerprint density at radius 1 is 1.61 bits per heavy atom. The van der Waals surface area contributed by atoms with E-state index in [0.717, 1.165) is 18.7 Å². The fraction of sp³-hybridized carbons (Fsp3) is 0.667. The summed E-state index contributed by atoms with van der Waals surface area (Å²) in [6, 6.07) is 1.71. The highest BCUT2D eigenvalue weighted by atomic mass is 16.5. The number of aliphatic carboxylic acids is 1. The molecule has 0 aromatic carbocycles. The highest BCUT2D eigenvalue weighted by Crippen LogP contribution is 2.22. The predicted molar refractivity (Wildman–Crippen MR) is 62.9 cm³/mol. The summed E-state index contributed by atoms with van der Waals surface area (Å²) in [6.45, 7) is 4.21. The maximum Gasteiger partial charge on any atom is 0.310 e. The molecule has 1 aliphatic heterocycles. The van der Waals surface area contributed by atoms with E-state index in [1.807, 2.05) is 0 Å². The molecule has 0 spiro atoms. The van der Waals surface area contributed by atoms with Crippen LogP contribution < -0.4 is 0 Å². The van der Waals surface area contributed by atoms with E-state index in [0.29, 0.717) is 13.2 Å². The third kappa shape index (κ3) is 2.88. The molecular weight excluding hydrogens is 236 g/mol. The largest absolute Gasteiger partial charge is 0.481 e. The normalized spacial score (nSPS) is 23.7. The average Bonchev–Trinajstić information content (AvgIpc) is 2.99. The summed E-state index contributed by atoms with van der Waals surface area (Å²) in [4.78, 5) is 13.3. The highest BCUT2D eigenvalue weighted by Gasteiger charge is 2.37. The van der Waals surface area contributed by atoms with Crippen LogP contribution in [0, 0.1) is 5.92 Å². The lowest BCUT2D eigenvalue weighted by Crippen LogP contribution is -2.43. The van der Waals surface area contributed by atoms with E-state index in [1.54, 1.807) is 12.3 Å². The molecule has 1 N–H and O–H groups in total. The fourth-order valence-corrected chi connectivity index (χ4v) is 2.31. The van der Waals surface area contributed by atoms with Crippen LogP contribution in [0.2, 0.25) is 0 Å². The zero-order chi connectivity index (χ0) is 13.0. The molecule has 2 unspecified atom stereocenters. The Morgan fingerprint density at radius 2 is 2.44 bits per heavy atom. The van der Waals surface area contributed by atoms with Gasteiger partial charge in [0, 0.05) is 12.1 Å². The minimum absolute atomic E-state index is 0.0902. The fourth-order valence-electron chi connectivity index (χ4n) is 2.31. The van der Waals surface area contributed by atoms with Crippen LogP contribution in [0.5, 0.6) is 0 Å². The molecular formula is C12H18N2O4. The van der Waals surface area contributed by atoms with Gasteiger partial charge in [0.1, 0.15) is 0 Å². The van der Waals surface area contributed by atoms with Gasteiger partial charge in [0.05, 0.1) is 31.9 Å². The first-order valence-corrected chi connectivity index (χ1v) is 6.16. The first-order valence-electron chi connectivity index (χ1n) is 6.16. The molecule has 1 saturated heterocycles. The van der Waals surface area contributed by atoms with Crippen molar-refractivity contribution in [3.63, 3.8) is 0 Å². The van der Waals surface area contributed by atoms with Crippen molar-refractivity contribution < 1.29 is 19.2 Å². The summed E-state index contributed by atoms with van der Waals surface area (Å²) < 4.78 is 10.4. The second-order valence-electron chi connectivity index (χ2n) is 4.50. The minimum Gasteiger partial charge on any atom is -0.481 e. The number of hydrogen-bond acceptors (Lipinski definition) is 5. The van der Waals surface area contributed by atoms with Gasteiger partial charge in [-0.1, -0.05) is 12.1 Å². The molecule has 1 aliphatic rings. The Hall–Kier alpha value is -1.40. The van der Waals surface area contributed by atoms with Crippen LogP contribution in [0.1, 0.15) is 19.1 Å². The Labute approximate surface area is 106 Å². The first-order chi connectivity index (χ1) is 8.72. The predicted octanol–water partition coefficient (Wildman–Crippen LogP) is 0.986. The van der Waals surface area contributed by atoms with Crippen molar-refractivity contribution in [2.24, 2.45) is 5.92 Å². The van der Waals surface area contributed by atoms with Crippen molar-refractivity contribution >= 4 is 5.97 Å². The second kappa shape index (κ2) is 5.97. The van der Waals surface area contributed by atoms with E-state index >= 15 is 0 Å². The van der Waals surface area contributed by atoms with Gasteiger partial charge in [-0.25, -0.2) is 0 Å².